The van der Waals surface area contributed by atoms with Gasteiger partial charge in [0, 0.05) is 5.92 Å². The molecule has 0 radical (unpaired) electrons. The summed E-state index contributed by atoms with van der Waals surface area (Å²) < 4.78 is 5.16. The average Bonchev–Trinajstić information content (AvgIpc) is 2.30. The van der Waals surface area contributed by atoms with E-state index in [2.05, 4.69) is 0 Å². The van der Waals surface area contributed by atoms with Gasteiger partial charge in [0.05, 0.1) is 12.5 Å². The van der Waals surface area contributed by atoms with E-state index in [0.717, 1.165) is 0 Å². The minimum atomic E-state index is -0.803. The number of Topliss-reactive ketones (excluding diaryl/α,β-unsaturated/α-hetero) is 1. The molecule has 1 N–H and O–H groups in total. The maximum atomic E-state index is 11.2. The number of rotatable bonds is 1. The van der Waals surface area contributed by atoms with E-state index in [9.17, 15) is 9.59 Å². The summed E-state index contributed by atoms with van der Waals surface area (Å²) in [7, 11) is 0. The first-order valence-electron chi connectivity index (χ1n) is 4.06. The number of ketones is 1. The molecule has 2 aliphatic rings. The lowest BCUT2D eigenvalue weighted by Gasteiger charge is -2.21. The van der Waals surface area contributed by atoms with Crippen LogP contribution in [-0.2, 0) is 14.3 Å². The monoisotopic (exact) mass is 170 g/mol. The number of hydrogen-bond acceptors (Lipinski definition) is 3. The van der Waals surface area contributed by atoms with Gasteiger partial charge in [-0.2, -0.15) is 0 Å². The van der Waals surface area contributed by atoms with Crippen molar-refractivity contribution >= 4 is 11.8 Å². The van der Waals surface area contributed by atoms with Crippen LogP contribution in [0.4, 0.5) is 0 Å². The normalized spacial score (nSPS) is 40.0. The molecule has 0 aromatic rings. The highest BCUT2D eigenvalue weighted by Gasteiger charge is 2.44. The molecule has 2 fully saturated rings. The van der Waals surface area contributed by atoms with Crippen molar-refractivity contribution in [1.82, 2.24) is 0 Å². The van der Waals surface area contributed by atoms with Crippen LogP contribution in [0, 0.1) is 11.8 Å². The number of ether oxygens (including phenoxy) is 1. The third-order valence-corrected chi connectivity index (χ3v) is 2.64. The molecule has 0 spiro atoms. The molecule has 3 atom stereocenters. The Kier molecular flexibility index (Phi) is 1.65. The Labute approximate surface area is 69.5 Å². The molecule has 0 amide bonds. The third kappa shape index (κ3) is 1.03. The van der Waals surface area contributed by atoms with E-state index in [1.54, 1.807) is 0 Å². The summed E-state index contributed by atoms with van der Waals surface area (Å²) in [6, 6.07) is 0. The molecule has 1 saturated heterocycles. The van der Waals surface area contributed by atoms with E-state index in [1.165, 1.54) is 0 Å². The van der Waals surface area contributed by atoms with Crippen molar-refractivity contribution in [3.05, 3.63) is 0 Å². The lowest BCUT2D eigenvalue weighted by Crippen LogP contribution is -2.33. The van der Waals surface area contributed by atoms with Crippen LogP contribution in [0.5, 0.6) is 0 Å². The van der Waals surface area contributed by atoms with E-state index in [-0.39, 0.29) is 17.6 Å². The Hall–Kier alpha value is -0.900. The first-order chi connectivity index (χ1) is 5.68. The van der Waals surface area contributed by atoms with Crippen molar-refractivity contribution in [2.45, 2.75) is 18.9 Å². The van der Waals surface area contributed by atoms with Gasteiger partial charge in [-0.3, -0.25) is 9.59 Å². The van der Waals surface area contributed by atoms with Crippen LogP contribution in [0.25, 0.3) is 0 Å². The SMILES string of the molecule is O=C(O)[C@@H]1C[C@H]2CO[C@@H](C1)C2=O. The Morgan fingerprint density at radius 3 is 2.83 bits per heavy atom. The van der Waals surface area contributed by atoms with Crippen LogP contribution >= 0.6 is 0 Å². The molecule has 4 nitrogen and oxygen atoms in total. The smallest absolute Gasteiger partial charge is 0.306 e. The third-order valence-electron chi connectivity index (χ3n) is 2.64. The van der Waals surface area contributed by atoms with E-state index in [1.807, 2.05) is 0 Å². The summed E-state index contributed by atoms with van der Waals surface area (Å²) in [5.74, 6) is -1.22. The topological polar surface area (TPSA) is 63.6 Å². The standard InChI is InChI=1S/C8H10O4/c9-7-5-1-4(8(10)11)2-6(7)12-3-5/h4-6H,1-3H2,(H,10,11)/t4-,5+,6+/m1/s1. The fraction of sp³-hybridized carbons (Fsp3) is 0.750. The van der Waals surface area contributed by atoms with Crippen molar-refractivity contribution in [2.75, 3.05) is 6.61 Å². The number of carboxylic acid groups (broad SMARTS) is 1. The maximum absolute atomic E-state index is 11.2. The van der Waals surface area contributed by atoms with Crippen molar-refractivity contribution < 1.29 is 19.4 Å². The molecule has 0 aromatic carbocycles. The molecular formula is C8H10O4. The average molecular weight is 170 g/mol. The van der Waals surface area contributed by atoms with Crippen LogP contribution in [-0.4, -0.2) is 29.6 Å². The van der Waals surface area contributed by atoms with Gasteiger partial charge in [-0.15, -0.1) is 0 Å². The Bertz CT molecular complexity index is 219. The number of carboxylic acids is 1. The van der Waals surface area contributed by atoms with Gasteiger partial charge in [-0.05, 0) is 12.8 Å². The van der Waals surface area contributed by atoms with Gasteiger partial charge in [0.1, 0.15) is 6.10 Å². The fourth-order valence-electron chi connectivity index (χ4n) is 1.93. The summed E-state index contributed by atoms with van der Waals surface area (Å²) in [6.45, 7) is 0.424. The van der Waals surface area contributed by atoms with Gasteiger partial charge >= 0.3 is 5.97 Å². The van der Waals surface area contributed by atoms with Crippen molar-refractivity contribution in [3.8, 4) is 0 Å². The first kappa shape index (κ1) is 7.73. The number of carbonyl (C=O) groups excluding carboxylic acids is 1. The van der Waals surface area contributed by atoms with Gasteiger partial charge < -0.3 is 9.84 Å². The highest BCUT2D eigenvalue weighted by molar-refractivity contribution is 5.89. The first-order valence-corrected chi connectivity index (χ1v) is 4.06. The molecule has 1 aliphatic carbocycles. The zero-order valence-electron chi connectivity index (χ0n) is 6.53. The van der Waals surface area contributed by atoms with Gasteiger partial charge in [0.25, 0.3) is 0 Å². The zero-order chi connectivity index (χ0) is 8.72. The van der Waals surface area contributed by atoms with Crippen LogP contribution in [0.3, 0.4) is 0 Å². The summed E-state index contributed by atoms with van der Waals surface area (Å²) in [6.07, 6.45) is 0.403. The molecule has 12 heavy (non-hydrogen) atoms. The second kappa shape index (κ2) is 2.55. The molecule has 1 heterocycles. The number of aliphatic carboxylic acids is 1. The molecule has 4 heteroatoms. The lowest BCUT2D eigenvalue weighted by atomic mass is 9.81. The van der Waals surface area contributed by atoms with Gasteiger partial charge in [-0.25, -0.2) is 0 Å². The van der Waals surface area contributed by atoms with Crippen LogP contribution < -0.4 is 0 Å². The summed E-state index contributed by atoms with van der Waals surface area (Å²) in [4.78, 5) is 21.9. The Morgan fingerprint density at radius 2 is 2.25 bits per heavy atom. The number of carbonyl (C=O) groups is 2. The molecule has 1 aliphatic heterocycles. The summed E-state index contributed by atoms with van der Waals surface area (Å²) in [5.41, 5.74) is 0. The Balaban J connectivity index is 2.12. The molecule has 2 bridgehead atoms. The predicted molar refractivity (Wildman–Crippen MR) is 38.6 cm³/mol. The molecule has 0 aromatic heterocycles. The number of hydrogen-bond donors (Lipinski definition) is 1. The van der Waals surface area contributed by atoms with Crippen molar-refractivity contribution in [3.63, 3.8) is 0 Å². The van der Waals surface area contributed by atoms with E-state index < -0.39 is 12.1 Å². The predicted octanol–water partition coefficient (Wildman–Crippen LogP) is 0.0651. The van der Waals surface area contributed by atoms with Gasteiger partial charge in [0.15, 0.2) is 5.78 Å². The molecule has 0 unspecified atom stereocenters. The highest BCUT2D eigenvalue weighted by Crippen LogP contribution is 2.34. The van der Waals surface area contributed by atoms with Crippen LogP contribution in [0.15, 0.2) is 0 Å². The van der Waals surface area contributed by atoms with E-state index in [0.29, 0.717) is 19.4 Å². The largest absolute Gasteiger partial charge is 0.481 e. The number of fused-ring (bicyclic) bond motifs is 2. The summed E-state index contributed by atoms with van der Waals surface area (Å²) in [5, 5.41) is 8.72. The van der Waals surface area contributed by atoms with Crippen LogP contribution in [0.1, 0.15) is 12.8 Å². The second-order valence-electron chi connectivity index (χ2n) is 3.43. The minimum absolute atomic E-state index is 0.104. The lowest BCUT2D eigenvalue weighted by molar-refractivity contribution is -0.145. The van der Waals surface area contributed by atoms with E-state index >= 15 is 0 Å². The van der Waals surface area contributed by atoms with Gasteiger partial charge in [0.2, 0.25) is 0 Å². The van der Waals surface area contributed by atoms with Crippen molar-refractivity contribution in [2.24, 2.45) is 11.8 Å². The second-order valence-corrected chi connectivity index (χ2v) is 3.43. The Morgan fingerprint density at radius 1 is 1.50 bits per heavy atom. The zero-order valence-corrected chi connectivity index (χ0v) is 6.53. The quantitative estimate of drug-likeness (QED) is 0.604. The van der Waals surface area contributed by atoms with Crippen LogP contribution in [0.2, 0.25) is 0 Å². The maximum Gasteiger partial charge on any atom is 0.306 e. The van der Waals surface area contributed by atoms with Gasteiger partial charge in [-0.1, -0.05) is 0 Å². The van der Waals surface area contributed by atoms with Crippen molar-refractivity contribution in [1.29, 1.82) is 0 Å². The van der Waals surface area contributed by atoms with E-state index in [4.69, 9.17) is 9.84 Å². The summed E-state index contributed by atoms with van der Waals surface area (Å²) >= 11 is 0. The highest BCUT2D eigenvalue weighted by atomic mass is 16.5. The molecule has 1 saturated carbocycles. The molecule has 66 valence electrons. The minimum Gasteiger partial charge on any atom is -0.481 e. The fourth-order valence-corrected chi connectivity index (χ4v) is 1.93. The molecular weight excluding hydrogens is 160 g/mol. The molecule has 2 rings (SSSR count).